The maximum Gasteiger partial charge on any atom is 0.333 e. The number of anilines is 1. The number of nitrogens with zero attached hydrogens (tertiary/aromatic N) is 4. The molecule has 1 amide bonds. The first-order valence-corrected chi connectivity index (χ1v) is 10.4. The van der Waals surface area contributed by atoms with Crippen LogP contribution in [0.25, 0.3) is 0 Å². The number of carbonyl (C=O) groups is 1. The molecule has 2 aliphatic rings. The highest BCUT2D eigenvalue weighted by atomic mass is 32.2. The standard InChI is InChI=1S/C16H18F2N6O2S2/c1-8-2-10-5-28-15(19)23-16(10,7-26-8)13-22-11(6-27-13)21-12(25)9-3-20-24(4-9)14(17)18/h3-4,6,8,10,14H,2,5,7H2,1H3,(H2,19,23)(H,21,25)/t8-,10-,16?/m0/s1. The molecule has 1 fully saturated rings. The van der Waals surface area contributed by atoms with E-state index in [1.54, 1.807) is 5.38 Å². The molecule has 0 saturated carbocycles. The third-order valence-corrected chi connectivity index (χ3v) is 6.77. The van der Waals surface area contributed by atoms with Crippen molar-refractivity contribution in [1.29, 1.82) is 0 Å². The topological polar surface area (TPSA) is 107 Å². The number of carbonyl (C=O) groups excluding carboxylic acids is 1. The molecule has 0 aromatic carbocycles. The summed E-state index contributed by atoms with van der Waals surface area (Å²) in [6, 6.07) is 0. The molecular weight excluding hydrogens is 410 g/mol. The molecule has 4 rings (SSSR count). The van der Waals surface area contributed by atoms with Gasteiger partial charge in [0.05, 0.1) is 24.5 Å². The Morgan fingerprint density at radius 2 is 2.36 bits per heavy atom. The van der Waals surface area contributed by atoms with Crippen LogP contribution in [0.1, 0.15) is 35.3 Å². The third-order valence-electron chi connectivity index (χ3n) is 4.80. The van der Waals surface area contributed by atoms with Gasteiger partial charge in [-0.2, -0.15) is 13.9 Å². The van der Waals surface area contributed by atoms with E-state index in [4.69, 9.17) is 10.5 Å². The van der Waals surface area contributed by atoms with Crippen molar-refractivity contribution in [1.82, 2.24) is 14.8 Å². The predicted molar refractivity (Wildman–Crippen MR) is 103 cm³/mol. The van der Waals surface area contributed by atoms with Crippen LogP contribution >= 0.6 is 23.1 Å². The predicted octanol–water partition coefficient (Wildman–Crippen LogP) is 2.67. The van der Waals surface area contributed by atoms with Crippen LogP contribution in [0, 0.1) is 5.92 Å². The fraction of sp³-hybridized carbons (Fsp3) is 0.500. The number of fused-ring (bicyclic) bond motifs is 1. The zero-order chi connectivity index (χ0) is 19.9. The second-order valence-electron chi connectivity index (χ2n) is 6.72. The summed E-state index contributed by atoms with van der Waals surface area (Å²) >= 11 is 2.89. The SMILES string of the molecule is C[C@H]1C[C@H]2CSC(N)=NC2(c2nc(NC(=O)c3cnn(C(F)F)c3)cs2)CO1. The van der Waals surface area contributed by atoms with E-state index in [2.05, 4.69) is 20.4 Å². The molecule has 4 heterocycles. The van der Waals surface area contributed by atoms with Gasteiger partial charge < -0.3 is 15.8 Å². The molecule has 8 nitrogen and oxygen atoms in total. The zero-order valence-corrected chi connectivity index (χ0v) is 16.5. The van der Waals surface area contributed by atoms with E-state index < -0.39 is 18.0 Å². The Balaban J connectivity index is 1.56. The summed E-state index contributed by atoms with van der Waals surface area (Å²) in [5, 5.41) is 8.99. The summed E-state index contributed by atoms with van der Waals surface area (Å²) in [7, 11) is 0. The molecule has 12 heteroatoms. The van der Waals surface area contributed by atoms with Gasteiger partial charge in [-0.1, -0.05) is 11.8 Å². The molecule has 2 aromatic rings. The average Bonchev–Trinajstić information content (AvgIpc) is 3.32. The van der Waals surface area contributed by atoms with Gasteiger partial charge in [0.2, 0.25) is 0 Å². The molecule has 28 heavy (non-hydrogen) atoms. The molecular formula is C16H18F2N6O2S2. The molecule has 0 radical (unpaired) electrons. The monoisotopic (exact) mass is 428 g/mol. The molecule has 150 valence electrons. The number of amidine groups is 1. The number of ether oxygens (including phenoxy) is 1. The number of thiazole rings is 1. The molecule has 2 aromatic heterocycles. The van der Waals surface area contributed by atoms with E-state index in [9.17, 15) is 13.6 Å². The van der Waals surface area contributed by atoms with Gasteiger partial charge in [0.15, 0.2) is 5.17 Å². The molecule has 0 spiro atoms. The third kappa shape index (κ3) is 3.51. The first-order chi connectivity index (χ1) is 13.4. The van der Waals surface area contributed by atoms with Crippen molar-refractivity contribution in [3.63, 3.8) is 0 Å². The first-order valence-electron chi connectivity index (χ1n) is 8.57. The van der Waals surface area contributed by atoms with Gasteiger partial charge in [0.25, 0.3) is 5.91 Å². The largest absolute Gasteiger partial charge is 0.379 e. The van der Waals surface area contributed by atoms with Crippen LogP contribution in [0.15, 0.2) is 22.8 Å². The fourth-order valence-corrected chi connectivity index (χ4v) is 5.33. The molecule has 0 aliphatic carbocycles. The summed E-state index contributed by atoms with van der Waals surface area (Å²) in [6.07, 6.45) is 3.06. The van der Waals surface area contributed by atoms with E-state index >= 15 is 0 Å². The highest BCUT2D eigenvalue weighted by Crippen LogP contribution is 2.47. The summed E-state index contributed by atoms with van der Waals surface area (Å²) in [6.45, 7) is -0.393. The molecule has 0 bridgehead atoms. The molecule has 2 aliphatic heterocycles. The van der Waals surface area contributed by atoms with Crippen molar-refractivity contribution in [2.75, 3.05) is 17.7 Å². The zero-order valence-electron chi connectivity index (χ0n) is 14.8. The Bertz CT molecular complexity index is 917. The van der Waals surface area contributed by atoms with Gasteiger partial charge >= 0.3 is 6.55 Å². The van der Waals surface area contributed by atoms with E-state index in [-0.39, 0.29) is 17.6 Å². The number of rotatable bonds is 4. The number of amides is 1. The second-order valence-corrected chi connectivity index (χ2v) is 8.62. The number of aromatic nitrogens is 3. The van der Waals surface area contributed by atoms with Crippen LogP contribution < -0.4 is 11.1 Å². The number of alkyl halides is 2. The number of nitrogens with two attached hydrogens (primary N) is 1. The normalized spacial score (nSPS) is 27.4. The first kappa shape index (κ1) is 19.3. The van der Waals surface area contributed by atoms with Gasteiger partial charge in [0, 0.05) is 23.2 Å². The lowest BCUT2D eigenvalue weighted by atomic mass is 9.80. The lowest BCUT2D eigenvalue weighted by Gasteiger charge is -2.44. The van der Waals surface area contributed by atoms with E-state index in [1.807, 2.05) is 6.92 Å². The Morgan fingerprint density at radius 1 is 1.54 bits per heavy atom. The molecule has 1 unspecified atom stereocenters. The smallest absolute Gasteiger partial charge is 0.333 e. The van der Waals surface area contributed by atoms with Gasteiger partial charge in [0.1, 0.15) is 16.4 Å². The van der Waals surface area contributed by atoms with Gasteiger partial charge in [-0.15, -0.1) is 11.3 Å². The summed E-state index contributed by atoms with van der Waals surface area (Å²) in [5.41, 5.74) is 5.35. The van der Waals surface area contributed by atoms with Crippen LogP contribution in [-0.2, 0) is 10.3 Å². The van der Waals surface area contributed by atoms with Gasteiger partial charge in [-0.05, 0) is 13.3 Å². The molecule has 3 atom stereocenters. The van der Waals surface area contributed by atoms with Crippen molar-refractivity contribution < 1.29 is 18.3 Å². The maximum absolute atomic E-state index is 12.6. The van der Waals surface area contributed by atoms with Crippen molar-refractivity contribution >= 4 is 40.0 Å². The number of hydrogen-bond acceptors (Lipinski definition) is 8. The lowest BCUT2D eigenvalue weighted by molar-refractivity contribution is -0.0466. The van der Waals surface area contributed by atoms with E-state index in [1.165, 1.54) is 23.1 Å². The summed E-state index contributed by atoms with van der Waals surface area (Å²) in [4.78, 5) is 21.5. The van der Waals surface area contributed by atoms with E-state index in [0.717, 1.165) is 24.6 Å². The number of thioether (sulfide) groups is 1. The van der Waals surface area contributed by atoms with Crippen LogP contribution in [0.3, 0.4) is 0 Å². The van der Waals surface area contributed by atoms with Crippen molar-refractivity contribution in [2.24, 2.45) is 16.6 Å². The number of halogens is 2. The van der Waals surface area contributed by atoms with Crippen LogP contribution in [0.2, 0.25) is 0 Å². The minimum atomic E-state index is -2.80. The maximum atomic E-state index is 12.6. The van der Waals surface area contributed by atoms with Gasteiger partial charge in [-0.3, -0.25) is 4.79 Å². The van der Waals surface area contributed by atoms with Crippen molar-refractivity contribution in [3.8, 4) is 0 Å². The van der Waals surface area contributed by atoms with Gasteiger partial charge in [-0.25, -0.2) is 14.7 Å². The quantitative estimate of drug-likeness (QED) is 0.775. The highest BCUT2D eigenvalue weighted by Gasteiger charge is 2.49. The number of hydrogen-bond donors (Lipinski definition) is 2. The number of aliphatic imine (C=N–C) groups is 1. The minimum absolute atomic E-state index is 0.0250. The Morgan fingerprint density at radius 3 is 3.11 bits per heavy atom. The van der Waals surface area contributed by atoms with Crippen molar-refractivity contribution in [3.05, 3.63) is 28.3 Å². The Labute approximate surface area is 167 Å². The fourth-order valence-electron chi connectivity index (χ4n) is 3.36. The van der Waals surface area contributed by atoms with E-state index in [0.29, 0.717) is 27.3 Å². The lowest BCUT2D eigenvalue weighted by Crippen LogP contribution is -2.49. The Hall–Kier alpha value is -2.05. The highest BCUT2D eigenvalue weighted by molar-refractivity contribution is 8.13. The Kier molecular flexibility index (Phi) is 5.10. The summed E-state index contributed by atoms with van der Waals surface area (Å²) in [5.74, 6) is 0.825. The van der Waals surface area contributed by atoms with Crippen LogP contribution in [-0.4, -0.2) is 44.3 Å². The average molecular weight is 428 g/mol. The molecule has 3 N–H and O–H groups in total. The van der Waals surface area contributed by atoms with Crippen molar-refractivity contribution in [2.45, 2.75) is 31.5 Å². The van der Waals surface area contributed by atoms with Crippen LogP contribution in [0.5, 0.6) is 0 Å². The number of nitrogens with one attached hydrogen (secondary N) is 1. The minimum Gasteiger partial charge on any atom is -0.379 e. The summed E-state index contributed by atoms with van der Waals surface area (Å²) < 4.78 is 31.5. The second kappa shape index (κ2) is 7.41. The molecule has 1 saturated heterocycles. The van der Waals surface area contributed by atoms with Crippen LogP contribution in [0.4, 0.5) is 14.6 Å².